The smallest absolute Gasteiger partial charge is 0.236 e. The highest BCUT2D eigenvalue weighted by molar-refractivity contribution is 5.79. The summed E-state index contributed by atoms with van der Waals surface area (Å²) in [5.74, 6) is 3.50. The molecule has 1 aromatic carbocycles. The van der Waals surface area contributed by atoms with Gasteiger partial charge in [-0.2, -0.15) is 4.98 Å². The highest BCUT2D eigenvalue weighted by atomic mass is 15.2. The van der Waals surface area contributed by atoms with Crippen LogP contribution in [0.15, 0.2) is 36.5 Å². The van der Waals surface area contributed by atoms with Crippen molar-refractivity contribution in [3.05, 3.63) is 36.5 Å². The first kappa shape index (κ1) is 13.6. The van der Waals surface area contributed by atoms with Crippen molar-refractivity contribution >= 4 is 22.6 Å². The minimum atomic E-state index is 0.787. The van der Waals surface area contributed by atoms with Gasteiger partial charge in [-0.15, -0.1) is 0 Å². The fourth-order valence-corrected chi connectivity index (χ4v) is 3.51. The third-order valence-corrected chi connectivity index (χ3v) is 4.97. The molecule has 1 saturated heterocycles. The molecule has 1 aliphatic heterocycles. The van der Waals surface area contributed by atoms with E-state index in [1.54, 1.807) is 0 Å². The highest BCUT2D eigenvalue weighted by Gasteiger charge is 2.22. The molecule has 3 aromatic rings. The molecule has 114 valence electrons. The number of hydrogen-bond acceptors (Lipinski definition) is 3. The quantitative estimate of drug-likeness (QED) is 0.721. The Labute approximate surface area is 130 Å². The summed E-state index contributed by atoms with van der Waals surface area (Å²) in [5, 5.41) is 0. The van der Waals surface area contributed by atoms with E-state index in [9.17, 15) is 0 Å². The molecule has 2 aromatic heterocycles. The molecule has 4 nitrogen and oxygen atoms in total. The fraction of sp³-hybridized carbons (Fsp3) is 0.444. The summed E-state index contributed by atoms with van der Waals surface area (Å²) < 4.78 is 2.07. The number of anilines is 1. The first-order valence-electron chi connectivity index (χ1n) is 8.21. The number of hydrogen-bond donors (Lipinski definition) is 0. The molecule has 0 unspecified atom stereocenters. The van der Waals surface area contributed by atoms with Gasteiger partial charge in [0.25, 0.3) is 0 Å². The first-order chi connectivity index (χ1) is 10.7. The van der Waals surface area contributed by atoms with Gasteiger partial charge in [-0.3, -0.25) is 4.40 Å². The van der Waals surface area contributed by atoms with Crippen molar-refractivity contribution in [1.82, 2.24) is 14.4 Å². The summed E-state index contributed by atoms with van der Waals surface area (Å²) in [6.45, 7) is 6.87. The topological polar surface area (TPSA) is 33.4 Å². The standard InChI is InChI=1S/C18H22N4/c1-13(2)14-7-10-21(11-8-14)17-9-12-22-16-6-4-3-5-15(16)19-18(22)20-17/h3-6,9,12-14H,7-8,10-11H2,1-2H3. The lowest BCUT2D eigenvalue weighted by atomic mass is 9.87. The number of fused-ring (bicyclic) bond motifs is 3. The molecular weight excluding hydrogens is 272 g/mol. The molecule has 1 fully saturated rings. The normalized spacial score (nSPS) is 17.0. The van der Waals surface area contributed by atoms with Crippen molar-refractivity contribution in [2.45, 2.75) is 26.7 Å². The van der Waals surface area contributed by atoms with Crippen LogP contribution in [0.4, 0.5) is 5.82 Å². The molecule has 1 aliphatic rings. The van der Waals surface area contributed by atoms with Crippen molar-refractivity contribution < 1.29 is 0 Å². The first-order valence-corrected chi connectivity index (χ1v) is 8.21. The van der Waals surface area contributed by atoms with E-state index in [-0.39, 0.29) is 0 Å². The minimum Gasteiger partial charge on any atom is -0.356 e. The molecule has 4 rings (SSSR count). The number of rotatable bonds is 2. The maximum atomic E-state index is 4.78. The van der Waals surface area contributed by atoms with Gasteiger partial charge >= 0.3 is 0 Å². The van der Waals surface area contributed by atoms with Gasteiger partial charge in [0.05, 0.1) is 11.0 Å². The monoisotopic (exact) mass is 294 g/mol. The zero-order chi connectivity index (χ0) is 15.1. The summed E-state index contributed by atoms with van der Waals surface area (Å²) in [6.07, 6.45) is 4.63. The highest BCUT2D eigenvalue weighted by Crippen LogP contribution is 2.27. The molecule has 0 aliphatic carbocycles. The number of aromatic nitrogens is 3. The van der Waals surface area contributed by atoms with Gasteiger partial charge < -0.3 is 4.90 Å². The molecule has 0 N–H and O–H groups in total. The predicted octanol–water partition coefficient (Wildman–Crippen LogP) is 3.75. The lowest BCUT2D eigenvalue weighted by molar-refractivity contribution is 0.311. The summed E-state index contributed by atoms with van der Waals surface area (Å²) in [4.78, 5) is 11.8. The second-order valence-corrected chi connectivity index (χ2v) is 6.62. The Morgan fingerprint density at radius 2 is 1.82 bits per heavy atom. The second kappa shape index (κ2) is 5.27. The Kier molecular flexibility index (Phi) is 3.25. The van der Waals surface area contributed by atoms with E-state index in [1.807, 2.05) is 18.2 Å². The van der Waals surface area contributed by atoms with Crippen LogP contribution in [0.25, 0.3) is 16.8 Å². The minimum absolute atomic E-state index is 0.787. The van der Waals surface area contributed by atoms with Gasteiger partial charge in [0.1, 0.15) is 5.82 Å². The number of para-hydroxylation sites is 2. The van der Waals surface area contributed by atoms with Crippen LogP contribution >= 0.6 is 0 Å². The predicted molar refractivity (Wildman–Crippen MR) is 90.3 cm³/mol. The van der Waals surface area contributed by atoms with E-state index in [4.69, 9.17) is 4.98 Å². The van der Waals surface area contributed by atoms with E-state index in [1.165, 1.54) is 12.8 Å². The van der Waals surface area contributed by atoms with Crippen LogP contribution in [-0.2, 0) is 0 Å². The van der Waals surface area contributed by atoms with Crippen LogP contribution in [0.5, 0.6) is 0 Å². The van der Waals surface area contributed by atoms with E-state index >= 15 is 0 Å². The Hall–Kier alpha value is -2.10. The molecule has 0 amide bonds. The summed E-state index contributed by atoms with van der Waals surface area (Å²) in [7, 11) is 0. The van der Waals surface area contributed by atoms with Crippen molar-refractivity contribution in [3.8, 4) is 0 Å². The number of imidazole rings is 1. The number of nitrogens with zero attached hydrogens (tertiary/aromatic N) is 4. The summed E-state index contributed by atoms with van der Waals surface area (Å²) in [6, 6.07) is 10.3. The van der Waals surface area contributed by atoms with Gasteiger partial charge in [-0.25, -0.2) is 4.98 Å². The molecule has 0 bridgehead atoms. The third-order valence-electron chi connectivity index (χ3n) is 4.97. The van der Waals surface area contributed by atoms with Gasteiger partial charge in [0, 0.05) is 19.3 Å². The van der Waals surface area contributed by atoms with Crippen molar-refractivity contribution in [3.63, 3.8) is 0 Å². The van der Waals surface area contributed by atoms with Crippen LogP contribution in [-0.4, -0.2) is 27.5 Å². The number of piperidine rings is 1. The van der Waals surface area contributed by atoms with Crippen molar-refractivity contribution in [2.75, 3.05) is 18.0 Å². The average Bonchev–Trinajstić information content (AvgIpc) is 2.92. The molecule has 4 heteroatoms. The largest absolute Gasteiger partial charge is 0.356 e. The van der Waals surface area contributed by atoms with Crippen molar-refractivity contribution in [2.24, 2.45) is 11.8 Å². The van der Waals surface area contributed by atoms with Crippen LogP contribution in [0.3, 0.4) is 0 Å². The SMILES string of the molecule is CC(C)C1CCN(c2ccn3c(n2)nc2ccccc23)CC1. The Morgan fingerprint density at radius 1 is 1.05 bits per heavy atom. The zero-order valence-corrected chi connectivity index (χ0v) is 13.2. The number of benzene rings is 1. The maximum absolute atomic E-state index is 4.78. The van der Waals surface area contributed by atoms with E-state index < -0.39 is 0 Å². The Bertz CT molecular complexity index is 797. The van der Waals surface area contributed by atoms with Crippen molar-refractivity contribution in [1.29, 1.82) is 0 Å². The Balaban J connectivity index is 1.64. The van der Waals surface area contributed by atoms with E-state index in [2.05, 4.69) is 46.5 Å². The van der Waals surface area contributed by atoms with Gasteiger partial charge in [-0.05, 0) is 42.9 Å². The second-order valence-electron chi connectivity index (χ2n) is 6.62. The lowest BCUT2D eigenvalue weighted by Crippen LogP contribution is -2.35. The molecule has 0 radical (unpaired) electrons. The van der Waals surface area contributed by atoms with Crippen LogP contribution in [0.2, 0.25) is 0 Å². The van der Waals surface area contributed by atoms with Gasteiger partial charge in [-0.1, -0.05) is 26.0 Å². The molecule has 22 heavy (non-hydrogen) atoms. The van der Waals surface area contributed by atoms with Crippen LogP contribution in [0.1, 0.15) is 26.7 Å². The maximum Gasteiger partial charge on any atom is 0.236 e. The zero-order valence-electron chi connectivity index (χ0n) is 13.2. The van der Waals surface area contributed by atoms with E-state index in [0.29, 0.717) is 0 Å². The molecular formula is C18H22N4. The van der Waals surface area contributed by atoms with Crippen LogP contribution < -0.4 is 4.90 Å². The van der Waals surface area contributed by atoms with Gasteiger partial charge in [0.2, 0.25) is 5.78 Å². The lowest BCUT2D eigenvalue weighted by Gasteiger charge is -2.34. The average molecular weight is 294 g/mol. The van der Waals surface area contributed by atoms with E-state index in [0.717, 1.165) is 47.6 Å². The third kappa shape index (κ3) is 2.23. The Morgan fingerprint density at radius 3 is 2.59 bits per heavy atom. The molecule has 3 heterocycles. The molecule has 0 saturated carbocycles. The van der Waals surface area contributed by atoms with Gasteiger partial charge in [0.15, 0.2) is 0 Å². The fourth-order valence-electron chi connectivity index (χ4n) is 3.51. The molecule has 0 spiro atoms. The van der Waals surface area contributed by atoms with Crippen LogP contribution in [0, 0.1) is 11.8 Å². The summed E-state index contributed by atoms with van der Waals surface area (Å²) in [5.41, 5.74) is 2.13. The summed E-state index contributed by atoms with van der Waals surface area (Å²) >= 11 is 0. The molecule has 0 atom stereocenters.